The first-order chi connectivity index (χ1) is 8.58. The lowest BCUT2D eigenvalue weighted by Gasteiger charge is -2.24. The quantitative estimate of drug-likeness (QED) is 0.760. The van der Waals surface area contributed by atoms with Crippen LogP contribution in [0.3, 0.4) is 0 Å². The van der Waals surface area contributed by atoms with E-state index in [9.17, 15) is 9.59 Å². The molecule has 0 radical (unpaired) electrons. The maximum Gasteiger partial charge on any atom is 0.405 e. The average molecular weight is 269 g/mol. The maximum absolute atomic E-state index is 11.2. The van der Waals surface area contributed by atoms with E-state index in [-0.39, 0.29) is 5.92 Å². The molecule has 2 unspecified atom stereocenters. The number of amides is 2. The third kappa shape index (κ3) is 2.79. The van der Waals surface area contributed by atoms with Crippen molar-refractivity contribution < 1.29 is 14.7 Å². The third-order valence-electron chi connectivity index (χ3n) is 3.18. The SMILES string of the molecule is NC(=O)C(CC1CCCc2scnc21)NC(=O)O. The predicted octanol–water partition coefficient (Wildman–Crippen LogP) is 1.07. The van der Waals surface area contributed by atoms with Gasteiger partial charge in [-0.15, -0.1) is 11.3 Å². The van der Waals surface area contributed by atoms with Gasteiger partial charge in [0, 0.05) is 10.8 Å². The Morgan fingerprint density at radius 3 is 3.11 bits per heavy atom. The topological polar surface area (TPSA) is 105 Å². The van der Waals surface area contributed by atoms with Crippen LogP contribution < -0.4 is 11.1 Å². The van der Waals surface area contributed by atoms with Crippen molar-refractivity contribution in [3.8, 4) is 0 Å². The standard InChI is InChI=1S/C11H15N3O3S/c12-10(15)7(14-11(16)17)4-6-2-1-3-8-9(6)13-5-18-8/h5-7,14H,1-4H2,(H2,12,15)(H,16,17). The molecule has 0 saturated heterocycles. The first-order valence-corrected chi connectivity index (χ1v) is 6.67. The lowest BCUT2D eigenvalue weighted by molar-refractivity contribution is -0.120. The minimum atomic E-state index is -1.23. The summed E-state index contributed by atoms with van der Waals surface area (Å²) in [7, 11) is 0. The number of fused-ring (bicyclic) bond motifs is 1. The van der Waals surface area contributed by atoms with E-state index in [1.165, 1.54) is 4.88 Å². The second kappa shape index (κ2) is 5.34. The Morgan fingerprint density at radius 2 is 2.44 bits per heavy atom. The van der Waals surface area contributed by atoms with Crippen molar-refractivity contribution >= 4 is 23.3 Å². The van der Waals surface area contributed by atoms with Gasteiger partial charge >= 0.3 is 6.09 Å². The van der Waals surface area contributed by atoms with Gasteiger partial charge in [0.05, 0.1) is 11.2 Å². The number of carbonyl (C=O) groups is 2. The van der Waals surface area contributed by atoms with Crippen LogP contribution >= 0.6 is 11.3 Å². The minimum Gasteiger partial charge on any atom is -0.465 e. The molecule has 6 nitrogen and oxygen atoms in total. The number of nitrogens with two attached hydrogens (primary N) is 1. The second-order valence-electron chi connectivity index (χ2n) is 4.39. The number of carboxylic acid groups (broad SMARTS) is 1. The molecular formula is C11H15N3O3S. The van der Waals surface area contributed by atoms with Gasteiger partial charge in [0.1, 0.15) is 6.04 Å². The maximum atomic E-state index is 11.2. The lowest BCUT2D eigenvalue weighted by Crippen LogP contribution is -2.44. The van der Waals surface area contributed by atoms with E-state index in [1.807, 2.05) is 0 Å². The van der Waals surface area contributed by atoms with E-state index in [0.29, 0.717) is 6.42 Å². The van der Waals surface area contributed by atoms with E-state index in [1.54, 1.807) is 16.8 Å². The van der Waals surface area contributed by atoms with Crippen molar-refractivity contribution in [2.24, 2.45) is 5.73 Å². The second-order valence-corrected chi connectivity index (χ2v) is 5.33. The molecule has 1 aliphatic carbocycles. The molecule has 0 aromatic carbocycles. The molecule has 0 saturated carbocycles. The molecular weight excluding hydrogens is 254 g/mol. The van der Waals surface area contributed by atoms with Gasteiger partial charge in [0.15, 0.2) is 0 Å². The van der Waals surface area contributed by atoms with Crippen LogP contribution in [0.25, 0.3) is 0 Å². The fraction of sp³-hybridized carbons (Fsp3) is 0.545. The molecule has 7 heteroatoms. The first-order valence-electron chi connectivity index (χ1n) is 5.79. The Hall–Kier alpha value is -1.63. The smallest absolute Gasteiger partial charge is 0.405 e. The fourth-order valence-corrected chi connectivity index (χ4v) is 3.25. The number of carbonyl (C=O) groups excluding carboxylic acids is 1. The summed E-state index contributed by atoms with van der Waals surface area (Å²) >= 11 is 1.61. The number of aromatic nitrogens is 1. The van der Waals surface area contributed by atoms with Gasteiger partial charge in [-0.1, -0.05) is 0 Å². The van der Waals surface area contributed by atoms with Crippen LogP contribution in [0.1, 0.15) is 35.8 Å². The molecule has 0 spiro atoms. The molecule has 0 bridgehead atoms. The van der Waals surface area contributed by atoms with Crippen LogP contribution in [-0.2, 0) is 11.2 Å². The van der Waals surface area contributed by atoms with Crippen molar-refractivity contribution in [2.75, 3.05) is 0 Å². The third-order valence-corrected chi connectivity index (χ3v) is 4.09. The first kappa shape index (κ1) is 12.8. The fourth-order valence-electron chi connectivity index (χ4n) is 2.35. The normalized spacial score (nSPS) is 19.9. The molecule has 1 aromatic heterocycles. The lowest BCUT2D eigenvalue weighted by atomic mass is 9.86. The van der Waals surface area contributed by atoms with Crippen LogP contribution in [0.2, 0.25) is 0 Å². The van der Waals surface area contributed by atoms with Crippen LogP contribution in [0.4, 0.5) is 4.79 Å². The summed E-state index contributed by atoms with van der Waals surface area (Å²) in [5, 5.41) is 10.9. The van der Waals surface area contributed by atoms with E-state index >= 15 is 0 Å². The molecule has 98 valence electrons. The van der Waals surface area contributed by atoms with Gasteiger partial charge < -0.3 is 16.2 Å². The van der Waals surface area contributed by atoms with Crippen LogP contribution in [-0.4, -0.2) is 28.1 Å². The Morgan fingerprint density at radius 1 is 1.67 bits per heavy atom. The highest BCUT2D eigenvalue weighted by atomic mass is 32.1. The van der Waals surface area contributed by atoms with E-state index in [4.69, 9.17) is 10.8 Å². The van der Waals surface area contributed by atoms with Gasteiger partial charge in [-0.05, 0) is 25.7 Å². The van der Waals surface area contributed by atoms with Gasteiger partial charge in [0.2, 0.25) is 5.91 Å². The Labute approximate surface area is 108 Å². The van der Waals surface area contributed by atoms with Crippen LogP contribution in [0.5, 0.6) is 0 Å². The zero-order chi connectivity index (χ0) is 13.1. The van der Waals surface area contributed by atoms with Crippen molar-refractivity contribution in [1.29, 1.82) is 0 Å². The van der Waals surface area contributed by atoms with Crippen LogP contribution in [0.15, 0.2) is 5.51 Å². The number of aryl methyl sites for hydroxylation is 1. The van der Waals surface area contributed by atoms with Crippen LogP contribution in [0, 0.1) is 0 Å². The molecule has 1 aromatic rings. The summed E-state index contributed by atoms with van der Waals surface area (Å²) in [6.07, 6.45) is 2.14. The largest absolute Gasteiger partial charge is 0.465 e. The zero-order valence-electron chi connectivity index (χ0n) is 9.76. The Kier molecular flexibility index (Phi) is 3.81. The number of nitrogens with zero attached hydrogens (tertiary/aromatic N) is 1. The highest BCUT2D eigenvalue weighted by molar-refractivity contribution is 7.09. The van der Waals surface area contributed by atoms with Gasteiger partial charge in [-0.25, -0.2) is 9.78 Å². The van der Waals surface area contributed by atoms with Crippen molar-refractivity contribution in [2.45, 2.75) is 37.6 Å². The molecule has 0 aliphatic heterocycles. The molecule has 1 heterocycles. The molecule has 0 fully saturated rings. The molecule has 2 rings (SSSR count). The van der Waals surface area contributed by atoms with Gasteiger partial charge in [-0.3, -0.25) is 4.79 Å². The van der Waals surface area contributed by atoms with Gasteiger partial charge in [0.25, 0.3) is 0 Å². The zero-order valence-corrected chi connectivity index (χ0v) is 10.6. The molecule has 2 atom stereocenters. The number of thiazole rings is 1. The molecule has 1 aliphatic rings. The van der Waals surface area contributed by atoms with E-state index in [2.05, 4.69) is 10.3 Å². The van der Waals surface area contributed by atoms with E-state index in [0.717, 1.165) is 25.0 Å². The predicted molar refractivity (Wildman–Crippen MR) is 66.6 cm³/mol. The summed E-state index contributed by atoms with van der Waals surface area (Å²) in [6, 6.07) is -0.847. The monoisotopic (exact) mass is 269 g/mol. The molecule has 2 amide bonds. The highest BCUT2D eigenvalue weighted by Gasteiger charge is 2.28. The summed E-state index contributed by atoms with van der Waals surface area (Å²) in [4.78, 5) is 27.4. The summed E-state index contributed by atoms with van der Waals surface area (Å²) < 4.78 is 0. The molecule has 4 N–H and O–H groups in total. The molecule has 18 heavy (non-hydrogen) atoms. The summed E-state index contributed by atoms with van der Waals surface area (Å²) in [6.45, 7) is 0. The number of hydrogen-bond acceptors (Lipinski definition) is 4. The Balaban J connectivity index is 2.09. The highest BCUT2D eigenvalue weighted by Crippen LogP contribution is 2.35. The number of hydrogen-bond donors (Lipinski definition) is 3. The van der Waals surface area contributed by atoms with Crippen molar-refractivity contribution in [3.05, 3.63) is 16.1 Å². The number of rotatable bonds is 4. The van der Waals surface area contributed by atoms with E-state index < -0.39 is 18.0 Å². The minimum absolute atomic E-state index is 0.115. The average Bonchev–Trinajstić information content (AvgIpc) is 2.76. The van der Waals surface area contributed by atoms with Gasteiger partial charge in [-0.2, -0.15) is 0 Å². The number of primary amides is 1. The summed E-state index contributed by atoms with van der Waals surface area (Å²) in [5.41, 5.74) is 8.02. The van der Waals surface area contributed by atoms with Crippen molar-refractivity contribution in [3.63, 3.8) is 0 Å². The summed E-state index contributed by atoms with van der Waals surface area (Å²) in [5.74, 6) is -0.524. The Bertz CT molecular complexity index is 460. The number of nitrogens with one attached hydrogen (secondary N) is 1. The van der Waals surface area contributed by atoms with Crippen molar-refractivity contribution in [1.82, 2.24) is 10.3 Å².